The van der Waals surface area contributed by atoms with Crippen molar-refractivity contribution in [1.29, 1.82) is 0 Å². The van der Waals surface area contributed by atoms with Crippen molar-refractivity contribution < 1.29 is 14.4 Å². The Kier molecular flexibility index (Phi) is 10.0. The molecular formula is C28H40N4O3. The molecule has 2 aromatic carbocycles. The van der Waals surface area contributed by atoms with Gasteiger partial charge in [-0.2, -0.15) is 0 Å². The summed E-state index contributed by atoms with van der Waals surface area (Å²) in [4.78, 5) is 42.5. The van der Waals surface area contributed by atoms with Crippen LogP contribution in [0.15, 0.2) is 36.4 Å². The van der Waals surface area contributed by atoms with Gasteiger partial charge in [0.2, 0.25) is 17.7 Å². The largest absolute Gasteiger partial charge is 0.337 e. The van der Waals surface area contributed by atoms with E-state index in [9.17, 15) is 14.4 Å². The molecule has 2 N–H and O–H groups in total. The number of aryl methyl sites for hydroxylation is 4. The van der Waals surface area contributed by atoms with Crippen LogP contribution in [0.2, 0.25) is 0 Å². The summed E-state index contributed by atoms with van der Waals surface area (Å²) in [6, 6.07) is 11.6. The molecule has 0 atom stereocenters. The van der Waals surface area contributed by atoms with Gasteiger partial charge < -0.3 is 15.5 Å². The molecule has 0 aromatic heterocycles. The van der Waals surface area contributed by atoms with Crippen molar-refractivity contribution in [1.82, 2.24) is 9.80 Å². The molecule has 0 saturated carbocycles. The first-order chi connectivity index (χ1) is 16.4. The SMILES string of the molecule is Cc1cccc(C)c1NC(=O)CN(CC(=O)Nc1c(C)cccc1C)CC(=O)N(C(C)C)C(C)C. The molecule has 0 aliphatic carbocycles. The van der Waals surface area contributed by atoms with Gasteiger partial charge >= 0.3 is 0 Å². The van der Waals surface area contributed by atoms with Crippen LogP contribution in [0.25, 0.3) is 0 Å². The Morgan fingerprint density at radius 2 is 1.00 bits per heavy atom. The standard InChI is InChI=1S/C28H40N4O3/c1-18(2)32(19(3)4)26(35)17-31(15-24(33)29-27-20(5)11-9-12-21(27)6)16-25(34)30-28-22(7)13-10-14-23(28)8/h9-14,18-19H,15-17H2,1-8H3,(H,29,33)(H,30,34). The van der Waals surface area contributed by atoms with E-state index in [-0.39, 0.29) is 49.4 Å². The van der Waals surface area contributed by atoms with Crippen molar-refractivity contribution in [3.8, 4) is 0 Å². The number of hydrogen-bond acceptors (Lipinski definition) is 4. The van der Waals surface area contributed by atoms with E-state index in [0.29, 0.717) is 0 Å². The number of anilines is 2. The fourth-order valence-corrected chi connectivity index (χ4v) is 4.40. The molecule has 0 radical (unpaired) electrons. The summed E-state index contributed by atoms with van der Waals surface area (Å²) in [5.74, 6) is -0.652. The monoisotopic (exact) mass is 480 g/mol. The zero-order chi connectivity index (χ0) is 26.3. The molecule has 0 bridgehead atoms. The highest BCUT2D eigenvalue weighted by atomic mass is 16.2. The van der Waals surface area contributed by atoms with Crippen molar-refractivity contribution >= 4 is 29.1 Å². The first kappa shape index (κ1) is 28.1. The van der Waals surface area contributed by atoms with Gasteiger partial charge in [-0.05, 0) is 77.6 Å². The lowest BCUT2D eigenvalue weighted by Gasteiger charge is -2.33. The molecule has 0 aliphatic heterocycles. The number of carbonyl (C=O) groups excluding carboxylic acids is 3. The van der Waals surface area contributed by atoms with E-state index < -0.39 is 0 Å². The first-order valence-corrected chi connectivity index (χ1v) is 12.2. The molecular weight excluding hydrogens is 440 g/mol. The zero-order valence-corrected chi connectivity index (χ0v) is 22.4. The van der Waals surface area contributed by atoms with Gasteiger partial charge in [-0.1, -0.05) is 36.4 Å². The Balaban J connectivity index is 2.21. The van der Waals surface area contributed by atoms with Crippen LogP contribution in [0.1, 0.15) is 49.9 Å². The van der Waals surface area contributed by atoms with E-state index in [1.54, 1.807) is 9.80 Å². The number of benzene rings is 2. The van der Waals surface area contributed by atoms with Gasteiger partial charge in [0.15, 0.2) is 0 Å². The van der Waals surface area contributed by atoms with Gasteiger partial charge in [0.05, 0.1) is 19.6 Å². The number of nitrogens with zero attached hydrogens (tertiary/aromatic N) is 2. The topological polar surface area (TPSA) is 81.8 Å². The molecule has 0 aliphatic rings. The maximum atomic E-state index is 13.2. The zero-order valence-electron chi connectivity index (χ0n) is 22.4. The van der Waals surface area contributed by atoms with Gasteiger partial charge in [0.25, 0.3) is 0 Å². The first-order valence-electron chi connectivity index (χ1n) is 12.2. The fourth-order valence-electron chi connectivity index (χ4n) is 4.40. The van der Waals surface area contributed by atoms with E-state index >= 15 is 0 Å². The van der Waals surface area contributed by atoms with Crippen molar-refractivity contribution in [2.75, 3.05) is 30.3 Å². The minimum Gasteiger partial charge on any atom is -0.337 e. The second-order valence-electron chi connectivity index (χ2n) is 9.76. The summed E-state index contributed by atoms with van der Waals surface area (Å²) < 4.78 is 0. The maximum absolute atomic E-state index is 13.2. The van der Waals surface area contributed by atoms with Crippen LogP contribution in [-0.2, 0) is 14.4 Å². The van der Waals surface area contributed by atoms with E-state index in [1.165, 1.54) is 0 Å². The van der Waals surface area contributed by atoms with Crippen molar-refractivity contribution in [3.63, 3.8) is 0 Å². The number of rotatable bonds is 10. The number of amides is 3. The molecule has 0 fully saturated rings. The third-order valence-electron chi connectivity index (χ3n) is 5.99. The highest BCUT2D eigenvalue weighted by molar-refractivity contribution is 5.96. The van der Waals surface area contributed by atoms with Crippen molar-refractivity contribution in [2.24, 2.45) is 0 Å². The molecule has 7 nitrogen and oxygen atoms in total. The molecule has 0 heterocycles. The van der Waals surface area contributed by atoms with Crippen LogP contribution in [0.4, 0.5) is 11.4 Å². The fraction of sp³-hybridized carbons (Fsp3) is 0.464. The van der Waals surface area contributed by atoms with Crippen molar-refractivity contribution in [2.45, 2.75) is 67.5 Å². The summed E-state index contributed by atoms with van der Waals surface area (Å²) >= 11 is 0. The quantitative estimate of drug-likeness (QED) is 0.527. The van der Waals surface area contributed by atoms with Crippen LogP contribution in [0.3, 0.4) is 0 Å². The predicted octanol–water partition coefficient (Wildman–Crippen LogP) is 4.44. The van der Waals surface area contributed by atoms with Gasteiger partial charge in [-0.25, -0.2) is 0 Å². The predicted molar refractivity (Wildman–Crippen MR) is 143 cm³/mol. The van der Waals surface area contributed by atoms with E-state index in [0.717, 1.165) is 33.6 Å². The van der Waals surface area contributed by atoms with Gasteiger partial charge in [0, 0.05) is 23.5 Å². The lowest BCUT2D eigenvalue weighted by Crippen LogP contribution is -2.49. The van der Waals surface area contributed by atoms with Gasteiger partial charge in [0.1, 0.15) is 0 Å². The Bertz CT molecular complexity index is 946. The average molecular weight is 481 g/mol. The molecule has 0 spiro atoms. The molecule has 0 unspecified atom stereocenters. The molecule has 0 saturated heterocycles. The number of para-hydroxylation sites is 2. The van der Waals surface area contributed by atoms with Gasteiger partial charge in [-0.15, -0.1) is 0 Å². The lowest BCUT2D eigenvalue weighted by atomic mass is 10.1. The van der Waals surface area contributed by atoms with Crippen LogP contribution < -0.4 is 10.6 Å². The molecule has 3 amide bonds. The normalized spacial score (nSPS) is 11.2. The summed E-state index contributed by atoms with van der Waals surface area (Å²) in [6.45, 7) is 15.4. The van der Waals surface area contributed by atoms with Crippen LogP contribution >= 0.6 is 0 Å². The second kappa shape index (κ2) is 12.5. The summed E-state index contributed by atoms with van der Waals surface area (Å²) in [5, 5.41) is 5.92. The number of carbonyl (C=O) groups is 3. The highest BCUT2D eigenvalue weighted by Gasteiger charge is 2.25. The number of hydrogen-bond donors (Lipinski definition) is 2. The van der Waals surface area contributed by atoms with Gasteiger partial charge in [-0.3, -0.25) is 19.3 Å². The third-order valence-corrected chi connectivity index (χ3v) is 5.99. The smallest absolute Gasteiger partial charge is 0.238 e. The van der Waals surface area contributed by atoms with E-state index in [2.05, 4.69) is 10.6 Å². The summed E-state index contributed by atoms with van der Waals surface area (Å²) in [5.41, 5.74) is 5.35. The summed E-state index contributed by atoms with van der Waals surface area (Å²) in [7, 11) is 0. The minimum atomic E-state index is -0.268. The van der Waals surface area contributed by atoms with E-state index in [4.69, 9.17) is 0 Å². The molecule has 7 heteroatoms. The van der Waals surface area contributed by atoms with Crippen LogP contribution in [-0.4, -0.2) is 59.2 Å². The Labute approximate surface area is 209 Å². The Morgan fingerprint density at radius 3 is 1.31 bits per heavy atom. The average Bonchev–Trinajstić information content (AvgIpc) is 2.73. The second-order valence-corrected chi connectivity index (χ2v) is 9.76. The Hall–Kier alpha value is -3.19. The number of nitrogens with one attached hydrogen (secondary N) is 2. The lowest BCUT2D eigenvalue weighted by molar-refractivity contribution is -0.136. The van der Waals surface area contributed by atoms with Crippen molar-refractivity contribution in [3.05, 3.63) is 58.7 Å². The Morgan fingerprint density at radius 1 is 0.657 bits per heavy atom. The van der Waals surface area contributed by atoms with Crippen LogP contribution in [0, 0.1) is 27.7 Å². The molecule has 2 aromatic rings. The third kappa shape index (κ3) is 7.92. The minimum absolute atomic E-state index is 0.0104. The molecule has 2 rings (SSSR count). The van der Waals surface area contributed by atoms with Crippen LogP contribution in [0.5, 0.6) is 0 Å². The maximum Gasteiger partial charge on any atom is 0.238 e. The summed E-state index contributed by atoms with van der Waals surface area (Å²) in [6.07, 6.45) is 0. The highest BCUT2D eigenvalue weighted by Crippen LogP contribution is 2.20. The molecule has 35 heavy (non-hydrogen) atoms. The van der Waals surface area contributed by atoms with E-state index in [1.807, 2.05) is 91.8 Å². The molecule has 190 valence electrons.